The Morgan fingerprint density at radius 2 is 1.84 bits per heavy atom. The van der Waals surface area contributed by atoms with E-state index in [0.717, 1.165) is 12.0 Å². The van der Waals surface area contributed by atoms with Gasteiger partial charge in [-0.3, -0.25) is 9.59 Å². The number of carbonyl (C=O) groups excluding carboxylic acids is 2. The number of carbonyl (C=O) groups is 2. The van der Waals surface area contributed by atoms with Gasteiger partial charge in [-0.1, -0.05) is 29.8 Å². The molecule has 1 fully saturated rings. The Hall–Kier alpha value is -1.81. The van der Waals surface area contributed by atoms with Gasteiger partial charge < -0.3 is 9.80 Å². The van der Waals surface area contributed by atoms with E-state index in [-0.39, 0.29) is 5.91 Å². The van der Waals surface area contributed by atoms with Crippen molar-refractivity contribution >= 4 is 30.0 Å². The van der Waals surface area contributed by atoms with Crippen molar-refractivity contribution in [3.63, 3.8) is 0 Å². The average molecular weight is 279 g/mol. The first-order chi connectivity index (χ1) is 9.20. The number of hydrogen-bond donors (Lipinski definition) is 0. The van der Waals surface area contributed by atoms with Crippen molar-refractivity contribution in [1.82, 2.24) is 9.80 Å². The summed E-state index contributed by atoms with van der Waals surface area (Å²) in [5.74, 6) is -0.0505. The van der Waals surface area contributed by atoms with Crippen LogP contribution in [0.2, 0.25) is 5.02 Å². The second kappa shape index (κ2) is 6.38. The van der Waals surface area contributed by atoms with Crippen molar-refractivity contribution in [3.05, 3.63) is 40.9 Å². The van der Waals surface area contributed by atoms with Crippen LogP contribution in [0.25, 0.3) is 6.08 Å². The van der Waals surface area contributed by atoms with Gasteiger partial charge in [0.2, 0.25) is 12.3 Å². The summed E-state index contributed by atoms with van der Waals surface area (Å²) in [5, 5.41) is 0.623. The van der Waals surface area contributed by atoms with E-state index in [0.29, 0.717) is 31.2 Å². The van der Waals surface area contributed by atoms with E-state index in [1.807, 2.05) is 18.2 Å². The highest BCUT2D eigenvalue weighted by molar-refractivity contribution is 6.32. The maximum absolute atomic E-state index is 12.0. The summed E-state index contributed by atoms with van der Waals surface area (Å²) in [6.45, 7) is 2.33. The normalized spacial score (nSPS) is 15.8. The second-order valence-corrected chi connectivity index (χ2v) is 4.73. The summed E-state index contributed by atoms with van der Waals surface area (Å²) in [5.41, 5.74) is 0.823. The summed E-state index contributed by atoms with van der Waals surface area (Å²) in [7, 11) is 0. The topological polar surface area (TPSA) is 40.6 Å². The SMILES string of the molecule is O=CN1CCN(C(=O)/C=C/c2ccccc2Cl)CC1. The Morgan fingerprint density at radius 3 is 2.47 bits per heavy atom. The first-order valence-electron chi connectivity index (χ1n) is 6.11. The summed E-state index contributed by atoms with van der Waals surface area (Å²) >= 11 is 6.01. The van der Waals surface area contributed by atoms with E-state index < -0.39 is 0 Å². The minimum absolute atomic E-state index is 0.0505. The van der Waals surface area contributed by atoms with Gasteiger partial charge in [-0.15, -0.1) is 0 Å². The van der Waals surface area contributed by atoms with Crippen LogP contribution in [0, 0.1) is 0 Å². The van der Waals surface area contributed by atoms with Gasteiger partial charge in [0.05, 0.1) is 0 Å². The van der Waals surface area contributed by atoms with Crippen LogP contribution in [0.1, 0.15) is 5.56 Å². The summed E-state index contributed by atoms with van der Waals surface area (Å²) in [6, 6.07) is 7.37. The quantitative estimate of drug-likeness (QED) is 0.623. The molecule has 1 aromatic rings. The van der Waals surface area contributed by atoms with Gasteiger partial charge in [0.25, 0.3) is 0 Å². The number of rotatable bonds is 3. The molecule has 0 spiro atoms. The van der Waals surface area contributed by atoms with Crippen LogP contribution in [0.3, 0.4) is 0 Å². The van der Waals surface area contributed by atoms with Crippen molar-refractivity contribution < 1.29 is 9.59 Å². The summed E-state index contributed by atoms with van der Waals surface area (Å²) in [4.78, 5) is 25.9. The fraction of sp³-hybridized carbons (Fsp3) is 0.286. The summed E-state index contributed by atoms with van der Waals surface area (Å²) in [6.07, 6.45) is 4.07. The molecule has 1 saturated heterocycles. The largest absolute Gasteiger partial charge is 0.342 e. The molecule has 0 atom stereocenters. The van der Waals surface area contributed by atoms with Gasteiger partial charge >= 0.3 is 0 Å². The highest BCUT2D eigenvalue weighted by Crippen LogP contribution is 2.16. The van der Waals surface area contributed by atoms with Gasteiger partial charge in [-0.2, -0.15) is 0 Å². The minimum Gasteiger partial charge on any atom is -0.342 e. The first-order valence-corrected chi connectivity index (χ1v) is 6.49. The lowest BCUT2D eigenvalue weighted by Gasteiger charge is -2.31. The second-order valence-electron chi connectivity index (χ2n) is 4.32. The molecular formula is C14H15ClN2O2. The van der Waals surface area contributed by atoms with Gasteiger partial charge in [0.1, 0.15) is 0 Å². The number of piperazine rings is 1. The van der Waals surface area contributed by atoms with Crippen LogP contribution >= 0.6 is 11.6 Å². The standard InChI is InChI=1S/C14H15ClN2O2/c15-13-4-2-1-3-12(13)5-6-14(19)17-9-7-16(11-18)8-10-17/h1-6,11H,7-10H2/b6-5+. The number of nitrogens with zero attached hydrogens (tertiary/aromatic N) is 2. The van der Waals surface area contributed by atoms with E-state index in [4.69, 9.17) is 11.6 Å². The zero-order valence-corrected chi connectivity index (χ0v) is 11.2. The van der Waals surface area contributed by atoms with E-state index >= 15 is 0 Å². The maximum atomic E-state index is 12.0. The molecular weight excluding hydrogens is 264 g/mol. The molecule has 2 rings (SSSR count). The monoisotopic (exact) mass is 278 g/mol. The minimum atomic E-state index is -0.0505. The Morgan fingerprint density at radius 1 is 1.16 bits per heavy atom. The molecule has 100 valence electrons. The van der Waals surface area contributed by atoms with Crippen LogP contribution in [-0.4, -0.2) is 48.3 Å². The van der Waals surface area contributed by atoms with Gasteiger partial charge in [0, 0.05) is 37.3 Å². The van der Waals surface area contributed by atoms with Crippen molar-refractivity contribution in [2.45, 2.75) is 0 Å². The molecule has 5 heteroatoms. The first kappa shape index (κ1) is 13.6. The van der Waals surface area contributed by atoms with E-state index in [1.165, 1.54) is 6.08 Å². The molecule has 0 aromatic heterocycles. The number of hydrogen-bond acceptors (Lipinski definition) is 2. The summed E-state index contributed by atoms with van der Waals surface area (Å²) < 4.78 is 0. The Labute approximate surface area is 117 Å². The van der Waals surface area contributed by atoms with Crippen LogP contribution in [0.15, 0.2) is 30.3 Å². The molecule has 19 heavy (non-hydrogen) atoms. The lowest BCUT2D eigenvalue weighted by Crippen LogP contribution is -2.47. The zero-order chi connectivity index (χ0) is 13.7. The van der Waals surface area contributed by atoms with Gasteiger partial charge in [-0.05, 0) is 17.7 Å². The van der Waals surface area contributed by atoms with Crippen LogP contribution in [-0.2, 0) is 9.59 Å². The van der Waals surface area contributed by atoms with Crippen LogP contribution in [0.4, 0.5) is 0 Å². The van der Waals surface area contributed by atoms with Crippen LogP contribution in [0.5, 0.6) is 0 Å². The molecule has 0 aliphatic carbocycles. The van der Waals surface area contributed by atoms with Gasteiger partial charge in [-0.25, -0.2) is 0 Å². The Bertz CT molecular complexity index is 494. The third-order valence-corrected chi connectivity index (χ3v) is 3.43. The molecule has 1 aliphatic rings. The van der Waals surface area contributed by atoms with E-state index in [9.17, 15) is 9.59 Å². The molecule has 0 radical (unpaired) electrons. The highest BCUT2D eigenvalue weighted by Gasteiger charge is 2.18. The molecule has 0 bridgehead atoms. The smallest absolute Gasteiger partial charge is 0.246 e. The van der Waals surface area contributed by atoms with Crippen molar-refractivity contribution in [3.8, 4) is 0 Å². The van der Waals surface area contributed by atoms with Gasteiger partial charge in [0.15, 0.2) is 0 Å². The molecule has 1 aliphatic heterocycles. The van der Waals surface area contributed by atoms with Crippen molar-refractivity contribution in [2.24, 2.45) is 0 Å². The predicted octanol–water partition coefficient (Wildman–Crippen LogP) is 1.65. The molecule has 1 heterocycles. The van der Waals surface area contributed by atoms with Crippen LogP contribution < -0.4 is 0 Å². The molecule has 1 aromatic carbocycles. The molecule has 2 amide bonds. The highest BCUT2D eigenvalue weighted by atomic mass is 35.5. The maximum Gasteiger partial charge on any atom is 0.246 e. The lowest BCUT2D eigenvalue weighted by atomic mass is 10.2. The third-order valence-electron chi connectivity index (χ3n) is 3.09. The molecule has 0 saturated carbocycles. The third kappa shape index (κ3) is 3.58. The Balaban J connectivity index is 1.95. The fourth-order valence-corrected chi connectivity index (χ4v) is 2.12. The Kier molecular flexibility index (Phi) is 4.58. The number of halogens is 1. The number of amides is 2. The predicted molar refractivity (Wildman–Crippen MR) is 74.7 cm³/mol. The molecule has 4 nitrogen and oxygen atoms in total. The van der Waals surface area contributed by atoms with Crippen molar-refractivity contribution in [1.29, 1.82) is 0 Å². The molecule has 0 N–H and O–H groups in total. The lowest BCUT2D eigenvalue weighted by molar-refractivity contribution is -0.130. The number of benzene rings is 1. The average Bonchev–Trinajstić information content (AvgIpc) is 2.46. The fourth-order valence-electron chi connectivity index (χ4n) is 1.92. The van der Waals surface area contributed by atoms with Crippen molar-refractivity contribution in [2.75, 3.05) is 26.2 Å². The molecule has 0 unspecified atom stereocenters. The van der Waals surface area contributed by atoms with E-state index in [2.05, 4.69) is 0 Å². The zero-order valence-electron chi connectivity index (χ0n) is 10.5. The van der Waals surface area contributed by atoms with E-state index in [1.54, 1.807) is 21.9 Å².